The SMILES string of the molecule is O=C(Nc1nnn(CN(C(=O)Nc2ccc3c(c2CC2CC2)C(=O)NC3=O)c2ccc(C3=CCCCC3)cc2)n1)c1ccccc1. The quantitative estimate of drug-likeness (QED) is 0.213. The molecule has 0 saturated heterocycles. The molecule has 0 bridgehead atoms. The van der Waals surface area contributed by atoms with Gasteiger partial charge < -0.3 is 5.32 Å². The maximum atomic E-state index is 14.1. The number of tetrazole rings is 1. The van der Waals surface area contributed by atoms with Gasteiger partial charge in [0, 0.05) is 16.9 Å². The Labute approximate surface area is 264 Å². The lowest BCUT2D eigenvalue weighted by atomic mass is 9.93. The van der Waals surface area contributed by atoms with Crippen molar-refractivity contribution in [2.75, 3.05) is 15.5 Å². The highest BCUT2D eigenvalue weighted by Gasteiger charge is 2.34. The molecular formula is C34H32N8O4. The summed E-state index contributed by atoms with van der Waals surface area (Å²) in [6.07, 6.45) is 9.32. The van der Waals surface area contributed by atoms with Gasteiger partial charge in [0.2, 0.25) is 0 Å². The lowest BCUT2D eigenvalue weighted by molar-refractivity contribution is 0.0878. The summed E-state index contributed by atoms with van der Waals surface area (Å²) in [6, 6.07) is 19.2. The number of amides is 5. The van der Waals surface area contributed by atoms with Crippen molar-refractivity contribution in [3.63, 3.8) is 0 Å². The molecule has 1 fully saturated rings. The van der Waals surface area contributed by atoms with E-state index in [1.807, 2.05) is 30.3 Å². The Hall–Kier alpha value is -5.65. The maximum Gasteiger partial charge on any atom is 0.327 e. The van der Waals surface area contributed by atoms with Crippen molar-refractivity contribution in [2.45, 2.75) is 51.6 Å². The molecule has 12 heteroatoms. The van der Waals surface area contributed by atoms with Crippen LogP contribution in [0.3, 0.4) is 0 Å². The van der Waals surface area contributed by atoms with E-state index in [1.165, 1.54) is 21.7 Å². The first-order valence-corrected chi connectivity index (χ1v) is 15.5. The van der Waals surface area contributed by atoms with E-state index in [9.17, 15) is 19.2 Å². The van der Waals surface area contributed by atoms with E-state index < -0.39 is 17.8 Å². The summed E-state index contributed by atoms with van der Waals surface area (Å²) in [6.45, 7) is -0.121. The number of anilines is 3. The van der Waals surface area contributed by atoms with Gasteiger partial charge in [0.1, 0.15) is 6.67 Å². The molecule has 3 aromatic carbocycles. The number of urea groups is 1. The highest BCUT2D eigenvalue weighted by Crippen LogP contribution is 2.38. The van der Waals surface area contributed by atoms with Crippen LogP contribution in [0.15, 0.2) is 72.8 Å². The molecule has 46 heavy (non-hydrogen) atoms. The molecule has 1 saturated carbocycles. The van der Waals surface area contributed by atoms with E-state index in [1.54, 1.807) is 36.4 Å². The zero-order valence-electron chi connectivity index (χ0n) is 25.0. The Morgan fingerprint density at radius 2 is 1.74 bits per heavy atom. The topological polar surface area (TPSA) is 151 Å². The Kier molecular flexibility index (Phi) is 7.83. The van der Waals surface area contributed by atoms with Gasteiger partial charge in [-0.05, 0) is 109 Å². The van der Waals surface area contributed by atoms with Crippen molar-refractivity contribution < 1.29 is 19.2 Å². The van der Waals surface area contributed by atoms with Crippen molar-refractivity contribution >= 4 is 46.6 Å². The fourth-order valence-corrected chi connectivity index (χ4v) is 5.91. The van der Waals surface area contributed by atoms with Crippen LogP contribution in [0.4, 0.5) is 22.1 Å². The van der Waals surface area contributed by atoms with Crippen LogP contribution in [0.25, 0.3) is 5.57 Å². The second-order valence-corrected chi connectivity index (χ2v) is 11.8. The predicted molar refractivity (Wildman–Crippen MR) is 171 cm³/mol. The summed E-state index contributed by atoms with van der Waals surface area (Å²) < 4.78 is 0. The van der Waals surface area contributed by atoms with Gasteiger partial charge in [-0.1, -0.05) is 41.5 Å². The molecule has 5 amide bonds. The number of rotatable bonds is 9. The molecule has 12 nitrogen and oxygen atoms in total. The zero-order valence-corrected chi connectivity index (χ0v) is 25.0. The van der Waals surface area contributed by atoms with Crippen molar-refractivity contribution in [2.24, 2.45) is 5.92 Å². The highest BCUT2D eigenvalue weighted by molar-refractivity contribution is 6.23. The Balaban J connectivity index is 1.17. The number of hydrogen-bond donors (Lipinski definition) is 3. The predicted octanol–water partition coefficient (Wildman–Crippen LogP) is 5.42. The molecular weight excluding hydrogens is 584 g/mol. The molecule has 0 atom stereocenters. The normalized spacial score (nSPS) is 15.5. The number of nitrogens with zero attached hydrogens (tertiary/aromatic N) is 5. The maximum absolute atomic E-state index is 14.1. The molecule has 0 spiro atoms. The first-order valence-electron chi connectivity index (χ1n) is 15.5. The molecule has 2 heterocycles. The van der Waals surface area contributed by atoms with Crippen LogP contribution in [0.1, 0.15) is 80.7 Å². The summed E-state index contributed by atoms with van der Waals surface area (Å²) in [5, 5.41) is 20.3. The average Bonchev–Trinajstić information content (AvgIpc) is 3.72. The van der Waals surface area contributed by atoms with Gasteiger partial charge in [0.05, 0.1) is 11.1 Å². The van der Waals surface area contributed by atoms with Crippen LogP contribution < -0.4 is 20.9 Å². The number of benzene rings is 3. The fourth-order valence-electron chi connectivity index (χ4n) is 5.91. The van der Waals surface area contributed by atoms with Crippen LogP contribution in [-0.2, 0) is 13.1 Å². The first kappa shape index (κ1) is 29.1. The fraction of sp³-hybridized carbons (Fsp3) is 0.265. The number of hydrogen-bond acceptors (Lipinski definition) is 7. The third kappa shape index (κ3) is 6.14. The largest absolute Gasteiger partial charge is 0.327 e. The number of imide groups is 1. The van der Waals surface area contributed by atoms with E-state index in [0.29, 0.717) is 46.0 Å². The highest BCUT2D eigenvalue weighted by atomic mass is 16.2. The van der Waals surface area contributed by atoms with Gasteiger partial charge in [-0.3, -0.25) is 29.9 Å². The van der Waals surface area contributed by atoms with E-state index >= 15 is 0 Å². The molecule has 0 radical (unpaired) electrons. The van der Waals surface area contributed by atoms with Gasteiger partial charge in [0.25, 0.3) is 23.7 Å². The van der Waals surface area contributed by atoms with E-state index in [-0.39, 0.29) is 18.5 Å². The van der Waals surface area contributed by atoms with Gasteiger partial charge in [0.15, 0.2) is 0 Å². The summed E-state index contributed by atoms with van der Waals surface area (Å²) in [5.41, 5.74) is 5.19. The summed E-state index contributed by atoms with van der Waals surface area (Å²) >= 11 is 0. The number of fused-ring (bicyclic) bond motifs is 1. The Bertz CT molecular complexity index is 1860. The van der Waals surface area contributed by atoms with E-state index in [0.717, 1.165) is 37.7 Å². The second kappa shape index (κ2) is 12.4. The molecule has 232 valence electrons. The Morgan fingerprint density at radius 3 is 2.48 bits per heavy atom. The number of aromatic nitrogens is 4. The Morgan fingerprint density at radius 1 is 0.935 bits per heavy atom. The summed E-state index contributed by atoms with van der Waals surface area (Å²) in [4.78, 5) is 54.5. The molecule has 1 aromatic heterocycles. The number of nitrogens with one attached hydrogen (secondary N) is 3. The monoisotopic (exact) mass is 616 g/mol. The average molecular weight is 617 g/mol. The van der Waals surface area contributed by atoms with E-state index in [4.69, 9.17) is 0 Å². The van der Waals surface area contributed by atoms with Gasteiger partial charge in [-0.25, -0.2) is 4.79 Å². The standard InChI is InChI=1S/C34H32N8O4/c43-30(24-9-5-2-6-10-24)37-33-38-40-42(39-33)20-41(25-15-13-23(14-16-25)22-7-3-1-4-8-22)34(46)35-28-18-17-26-29(32(45)36-31(26)44)27(28)19-21-11-12-21/h2,5-7,9-10,13-18,21H,1,3-4,8,11-12,19-20H2,(H,35,46)(H,36,44,45)(H,37,39,43). The molecule has 1 aliphatic heterocycles. The first-order chi connectivity index (χ1) is 22.4. The lowest BCUT2D eigenvalue weighted by Crippen LogP contribution is -2.37. The van der Waals surface area contributed by atoms with Crippen molar-refractivity contribution in [3.05, 3.63) is 101 Å². The minimum atomic E-state index is -0.487. The third-order valence-electron chi connectivity index (χ3n) is 8.51. The van der Waals surface area contributed by atoms with E-state index in [2.05, 4.69) is 37.4 Å². The summed E-state index contributed by atoms with van der Waals surface area (Å²) in [5.74, 6) is -0.878. The van der Waals surface area contributed by atoms with Crippen LogP contribution in [0, 0.1) is 5.92 Å². The smallest absolute Gasteiger partial charge is 0.307 e. The third-order valence-corrected chi connectivity index (χ3v) is 8.51. The van der Waals surface area contributed by atoms with Crippen molar-refractivity contribution in [1.29, 1.82) is 0 Å². The molecule has 3 N–H and O–H groups in total. The van der Waals surface area contributed by atoms with Crippen LogP contribution >= 0.6 is 0 Å². The minimum absolute atomic E-state index is 0.00480. The number of allylic oxidation sites excluding steroid dienone is 2. The molecule has 4 aromatic rings. The number of carbonyl (C=O) groups is 4. The molecule has 0 unspecified atom stereocenters. The number of carbonyl (C=O) groups excluding carboxylic acids is 4. The van der Waals surface area contributed by atoms with Crippen LogP contribution in [-0.4, -0.2) is 44.0 Å². The van der Waals surface area contributed by atoms with Gasteiger partial charge in [-0.2, -0.15) is 0 Å². The minimum Gasteiger partial charge on any atom is -0.307 e. The van der Waals surface area contributed by atoms with Gasteiger partial charge >= 0.3 is 6.03 Å². The lowest BCUT2D eigenvalue weighted by Gasteiger charge is -2.24. The van der Waals surface area contributed by atoms with Gasteiger partial charge in [-0.15, -0.1) is 9.90 Å². The zero-order chi connectivity index (χ0) is 31.6. The molecule has 7 rings (SSSR count). The molecule has 3 aliphatic rings. The van der Waals surface area contributed by atoms with Crippen molar-refractivity contribution in [3.8, 4) is 0 Å². The van der Waals surface area contributed by atoms with Crippen LogP contribution in [0.5, 0.6) is 0 Å². The van der Waals surface area contributed by atoms with Crippen LogP contribution in [0.2, 0.25) is 0 Å². The molecule has 2 aliphatic carbocycles. The second-order valence-electron chi connectivity index (χ2n) is 11.8. The summed E-state index contributed by atoms with van der Waals surface area (Å²) in [7, 11) is 0. The van der Waals surface area contributed by atoms with Crippen molar-refractivity contribution in [1.82, 2.24) is 25.5 Å².